The maximum Gasteiger partial charge on any atom is 0.0562 e. The molecule has 0 saturated carbocycles. The maximum atomic E-state index is 6.17. The first-order valence-electron chi connectivity index (χ1n) is 4.62. The number of thiophene rings is 1. The topological polar surface area (TPSA) is 26.0 Å². The Hall–Kier alpha value is -1.12. The summed E-state index contributed by atoms with van der Waals surface area (Å²) < 4.78 is 0. The van der Waals surface area contributed by atoms with E-state index in [-0.39, 0.29) is 6.04 Å². The Morgan fingerprint density at radius 2 is 1.86 bits per heavy atom. The average molecular weight is 203 g/mol. The van der Waals surface area contributed by atoms with E-state index in [1.165, 1.54) is 16.7 Å². The summed E-state index contributed by atoms with van der Waals surface area (Å²) in [6, 6.07) is 10.2. The van der Waals surface area contributed by atoms with Crippen LogP contribution in [0, 0.1) is 6.92 Å². The predicted molar refractivity (Wildman–Crippen MR) is 61.5 cm³/mol. The lowest BCUT2D eigenvalue weighted by Gasteiger charge is -2.11. The molecule has 0 saturated heterocycles. The van der Waals surface area contributed by atoms with Crippen molar-refractivity contribution in [2.24, 2.45) is 5.73 Å². The Morgan fingerprint density at radius 3 is 2.43 bits per heavy atom. The highest BCUT2D eigenvalue weighted by Crippen LogP contribution is 2.25. The molecular weight excluding hydrogens is 190 g/mol. The Bertz CT molecular complexity index is 405. The minimum absolute atomic E-state index is 0.0162. The molecule has 0 bridgehead atoms. The zero-order valence-electron chi connectivity index (χ0n) is 8.10. The number of benzene rings is 1. The molecule has 1 nitrogen and oxygen atoms in total. The zero-order chi connectivity index (χ0) is 9.97. The molecule has 1 atom stereocenters. The number of hydrogen-bond acceptors (Lipinski definition) is 2. The molecule has 14 heavy (non-hydrogen) atoms. The SMILES string of the molecule is Cc1cscc1C(N)c1ccccc1. The molecule has 0 aliphatic carbocycles. The van der Waals surface area contributed by atoms with Crippen LogP contribution in [0.2, 0.25) is 0 Å². The van der Waals surface area contributed by atoms with Crippen molar-refractivity contribution in [2.45, 2.75) is 13.0 Å². The van der Waals surface area contributed by atoms with Gasteiger partial charge in [0.1, 0.15) is 0 Å². The summed E-state index contributed by atoms with van der Waals surface area (Å²) in [7, 11) is 0. The lowest BCUT2D eigenvalue weighted by molar-refractivity contribution is 0.868. The van der Waals surface area contributed by atoms with E-state index in [0.717, 1.165) is 0 Å². The normalized spacial score (nSPS) is 12.7. The number of hydrogen-bond donors (Lipinski definition) is 1. The Morgan fingerprint density at radius 1 is 1.14 bits per heavy atom. The van der Waals surface area contributed by atoms with Gasteiger partial charge < -0.3 is 5.73 Å². The second kappa shape index (κ2) is 3.95. The summed E-state index contributed by atoms with van der Waals surface area (Å²) in [5, 5.41) is 4.27. The number of nitrogens with two attached hydrogens (primary N) is 1. The van der Waals surface area contributed by atoms with Crippen molar-refractivity contribution in [3.05, 3.63) is 57.8 Å². The fourth-order valence-electron chi connectivity index (χ4n) is 1.53. The second-order valence-corrected chi connectivity index (χ2v) is 4.14. The smallest absolute Gasteiger partial charge is 0.0562 e. The van der Waals surface area contributed by atoms with Crippen LogP contribution in [0.15, 0.2) is 41.1 Å². The third-order valence-corrected chi connectivity index (χ3v) is 3.27. The number of rotatable bonds is 2. The van der Waals surface area contributed by atoms with Crippen LogP contribution >= 0.6 is 11.3 Å². The molecule has 0 spiro atoms. The van der Waals surface area contributed by atoms with E-state index >= 15 is 0 Å². The van der Waals surface area contributed by atoms with E-state index in [9.17, 15) is 0 Å². The molecule has 0 amide bonds. The molecule has 0 radical (unpaired) electrons. The fraction of sp³-hybridized carbons (Fsp3) is 0.167. The average Bonchev–Trinajstić information content (AvgIpc) is 2.65. The third-order valence-electron chi connectivity index (χ3n) is 2.39. The van der Waals surface area contributed by atoms with E-state index in [4.69, 9.17) is 5.73 Å². The van der Waals surface area contributed by atoms with Crippen LogP contribution in [0.25, 0.3) is 0 Å². The van der Waals surface area contributed by atoms with Crippen molar-refractivity contribution in [3.63, 3.8) is 0 Å². The summed E-state index contributed by atoms with van der Waals surface area (Å²) in [6.45, 7) is 2.11. The van der Waals surface area contributed by atoms with Crippen LogP contribution in [0.5, 0.6) is 0 Å². The molecule has 0 aliphatic rings. The molecule has 2 N–H and O–H groups in total. The quantitative estimate of drug-likeness (QED) is 0.797. The number of aryl methyl sites for hydroxylation is 1. The van der Waals surface area contributed by atoms with Crippen molar-refractivity contribution in [3.8, 4) is 0 Å². The van der Waals surface area contributed by atoms with Gasteiger partial charge in [-0.1, -0.05) is 30.3 Å². The zero-order valence-corrected chi connectivity index (χ0v) is 8.92. The minimum atomic E-state index is 0.0162. The van der Waals surface area contributed by atoms with Crippen LogP contribution in [0.4, 0.5) is 0 Å². The highest BCUT2D eigenvalue weighted by molar-refractivity contribution is 7.08. The van der Waals surface area contributed by atoms with Crippen molar-refractivity contribution in [1.29, 1.82) is 0 Å². The van der Waals surface area contributed by atoms with Gasteiger partial charge in [-0.05, 0) is 34.4 Å². The Labute approximate surface area is 88.2 Å². The molecule has 2 aromatic rings. The molecule has 1 unspecified atom stereocenters. The predicted octanol–water partition coefficient (Wildman–Crippen LogP) is 3.10. The lowest BCUT2D eigenvalue weighted by Crippen LogP contribution is -2.11. The van der Waals surface area contributed by atoms with Gasteiger partial charge in [0.25, 0.3) is 0 Å². The first kappa shape index (κ1) is 9.44. The van der Waals surface area contributed by atoms with E-state index in [0.29, 0.717) is 0 Å². The fourth-order valence-corrected chi connectivity index (χ4v) is 2.42. The van der Waals surface area contributed by atoms with E-state index < -0.39 is 0 Å². The van der Waals surface area contributed by atoms with Gasteiger partial charge in [0, 0.05) is 0 Å². The summed E-state index contributed by atoms with van der Waals surface area (Å²) in [5.74, 6) is 0. The van der Waals surface area contributed by atoms with Gasteiger partial charge in [-0.15, -0.1) is 0 Å². The minimum Gasteiger partial charge on any atom is -0.320 e. The Kier molecular flexibility index (Phi) is 2.66. The summed E-state index contributed by atoms with van der Waals surface area (Å²) in [6.07, 6.45) is 0. The van der Waals surface area contributed by atoms with E-state index in [1.807, 2.05) is 18.2 Å². The molecule has 1 heterocycles. The summed E-state index contributed by atoms with van der Waals surface area (Å²) in [4.78, 5) is 0. The standard InChI is InChI=1S/C12H13NS/c1-9-7-14-8-11(9)12(13)10-5-3-2-4-6-10/h2-8,12H,13H2,1H3. The van der Waals surface area contributed by atoms with Crippen LogP contribution < -0.4 is 5.73 Å². The van der Waals surface area contributed by atoms with Gasteiger partial charge in [0.2, 0.25) is 0 Å². The van der Waals surface area contributed by atoms with Crippen molar-refractivity contribution in [1.82, 2.24) is 0 Å². The van der Waals surface area contributed by atoms with Gasteiger partial charge in [-0.2, -0.15) is 11.3 Å². The van der Waals surface area contributed by atoms with Gasteiger partial charge in [-0.3, -0.25) is 0 Å². The van der Waals surface area contributed by atoms with E-state index in [2.05, 4.69) is 29.8 Å². The third kappa shape index (κ3) is 1.72. The van der Waals surface area contributed by atoms with Gasteiger partial charge in [0.15, 0.2) is 0 Å². The lowest BCUT2D eigenvalue weighted by atomic mass is 10.00. The molecular formula is C12H13NS. The molecule has 2 rings (SSSR count). The monoisotopic (exact) mass is 203 g/mol. The molecule has 1 aromatic heterocycles. The first-order valence-corrected chi connectivity index (χ1v) is 5.56. The molecule has 1 aromatic carbocycles. The summed E-state index contributed by atoms with van der Waals surface area (Å²) in [5.41, 5.74) is 9.86. The van der Waals surface area contributed by atoms with Crippen molar-refractivity contribution >= 4 is 11.3 Å². The van der Waals surface area contributed by atoms with Gasteiger partial charge in [0.05, 0.1) is 6.04 Å². The maximum absolute atomic E-state index is 6.17. The second-order valence-electron chi connectivity index (χ2n) is 3.40. The van der Waals surface area contributed by atoms with Crippen LogP contribution in [0.3, 0.4) is 0 Å². The van der Waals surface area contributed by atoms with E-state index in [1.54, 1.807) is 11.3 Å². The highest BCUT2D eigenvalue weighted by atomic mass is 32.1. The van der Waals surface area contributed by atoms with Gasteiger partial charge in [-0.25, -0.2) is 0 Å². The van der Waals surface area contributed by atoms with Crippen LogP contribution in [0.1, 0.15) is 22.7 Å². The van der Waals surface area contributed by atoms with Gasteiger partial charge >= 0.3 is 0 Å². The molecule has 0 aliphatic heterocycles. The van der Waals surface area contributed by atoms with Crippen molar-refractivity contribution in [2.75, 3.05) is 0 Å². The molecule has 2 heteroatoms. The van der Waals surface area contributed by atoms with Crippen molar-refractivity contribution < 1.29 is 0 Å². The molecule has 0 fully saturated rings. The highest BCUT2D eigenvalue weighted by Gasteiger charge is 2.10. The summed E-state index contributed by atoms with van der Waals surface area (Å²) >= 11 is 1.71. The first-order chi connectivity index (χ1) is 6.79. The Balaban J connectivity index is 2.34. The molecule has 72 valence electrons. The van der Waals surface area contributed by atoms with Crippen LogP contribution in [-0.2, 0) is 0 Å². The van der Waals surface area contributed by atoms with Crippen LogP contribution in [-0.4, -0.2) is 0 Å². The largest absolute Gasteiger partial charge is 0.320 e.